The van der Waals surface area contributed by atoms with Gasteiger partial charge >= 0.3 is 11.9 Å². The number of hydrogen-bond donors (Lipinski definition) is 0. The quantitative estimate of drug-likeness (QED) is 0.346. The maximum Gasteiger partial charge on any atom is 0.303 e. The van der Waals surface area contributed by atoms with Crippen molar-refractivity contribution >= 4 is 22.0 Å². The molecule has 2 rings (SSSR count). The number of benzene rings is 1. The van der Waals surface area contributed by atoms with E-state index < -0.39 is 40.3 Å². The van der Waals surface area contributed by atoms with Crippen LogP contribution in [-0.4, -0.2) is 62.7 Å². The van der Waals surface area contributed by atoms with Gasteiger partial charge in [-0.05, 0) is 31.2 Å². The van der Waals surface area contributed by atoms with Crippen molar-refractivity contribution in [3.05, 3.63) is 42.0 Å². The molecule has 0 N–H and O–H groups in total. The zero-order valence-electron chi connectivity index (χ0n) is 18.1. The molecule has 0 aliphatic carbocycles. The van der Waals surface area contributed by atoms with Gasteiger partial charge in [0, 0.05) is 13.8 Å². The lowest BCUT2D eigenvalue weighted by Crippen LogP contribution is -2.41. The normalized spacial score (nSPS) is 20.0. The first-order chi connectivity index (χ1) is 15.1. The Labute approximate surface area is 188 Å². The molecule has 0 radical (unpaired) electrons. The Morgan fingerprint density at radius 1 is 1.12 bits per heavy atom. The first-order valence-electron chi connectivity index (χ1n) is 9.76. The molecule has 0 bridgehead atoms. The van der Waals surface area contributed by atoms with E-state index in [2.05, 4.69) is 17.8 Å². The highest BCUT2D eigenvalue weighted by Gasteiger charge is 2.30. The van der Waals surface area contributed by atoms with Crippen molar-refractivity contribution in [2.45, 2.75) is 44.0 Å². The molecule has 0 unspecified atom stereocenters. The SMILES string of the molecule is C#CCN(CC#C[C@@H]1C=C[C@H](OC(C)=O)[C@@H](COC(C)=O)O1)S(=O)(=O)c1ccc(C)cc1. The topological polar surface area (TPSA) is 99.2 Å². The van der Waals surface area contributed by atoms with Crippen LogP contribution in [-0.2, 0) is 33.8 Å². The number of hydrogen-bond acceptors (Lipinski definition) is 7. The smallest absolute Gasteiger partial charge is 0.303 e. The van der Waals surface area contributed by atoms with Crippen LogP contribution >= 0.6 is 0 Å². The summed E-state index contributed by atoms with van der Waals surface area (Å²) in [6.07, 6.45) is 6.35. The number of rotatable bonds is 7. The molecule has 0 saturated carbocycles. The van der Waals surface area contributed by atoms with Gasteiger partial charge in [0.15, 0.2) is 0 Å². The maximum atomic E-state index is 12.9. The van der Waals surface area contributed by atoms with Crippen LogP contribution in [0.3, 0.4) is 0 Å². The second-order valence-electron chi connectivity index (χ2n) is 6.97. The number of sulfonamides is 1. The lowest BCUT2D eigenvalue weighted by Gasteiger charge is -2.29. The molecule has 0 amide bonds. The van der Waals surface area contributed by atoms with Crippen LogP contribution in [0, 0.1) is 31.1 Å². The number of carbonyl (C=O) groups excluding carboxylic acids is 2. The average Bonchev–Trinajstić information content (AvgIpc) is 2.72. The Kier molecular flexibility index (Phi) is 9.03. The summed E-state index contributed by atoms with van der Waals surface area (Å²) in [6.45, 7) is 3.97. The van der Waals surface area contributed by atoms with E-state index in [4.69, 9.17) is 20.6 Å². The molecule has 3 atom stereocenters. The van der Waals surface area contributed by atoms with Gasteiger partial charge in [0.05, 0.1) is 18.0 Å². The van der Waals surface area contributed by atoms with Crippen molar-refractivity contribution in [3.8, 4) is 24.2 Å². The molecule has 1 aliphatic heterocycles. The molecule has 170 valence electrons. The molecule has 1 heterocycles. The van der Waals surface area contributed by atoms with Gasteiger partial charge in [0.25, 0.3) is 0 Å². The van der Waals surface area contributed by atoms with Crippen molar-refractivity contribution in [1.82, 2.24) is 4.31 Å². The number of nitrogens with zero attached hydrogens (tertiary/aromatic N) is 1. The van der Waals surface area contributed by atoms with E-state index in [0.29, 0.717) is 0 Å². The summed E-state index contributed by atoms with van der Waals surface area (Å²) in [7, 11) is -3.82. The van der Waals surface area contributed by atoms with Gasteiger partial charge in [-0.2, -0.15) is 4.31 Å². The third-order valence-electron chi connectivity index (χ3n) is 4.34. The van der Waals surface area contributed by atoms with Crippen molar-refractivity contribution in [1.29, 1.82) is 0 Å². The van der Waals surface area contributed by atoms with Crippen molar-refractivity contribution in [2.24, 2.45) is 0 Å². The molecule has 1 aliphatic rings. The fraction of sp³-hybridized carbons (Fsp3) is 0.391. The molecule has 0 fully saturated rings. The minimum Gasteiger partial charge on any atom is -0.463 e. The lowest BCUT2D eigenvalue weighted by atomic mass is 10.1. The Balaban J connectivity index is 2.14. The number of terminal acetylenes is 1. The Hall–Kier alpha value is -3.11. The highest BCUT2D eigenvalue weighted by Crippen LogP contribution is 2.18. The second kappa shape index (κ2) is 11.5. The van der Waals surface area contributed by atoms with Crippen LogP contribution in [0.5, 0.6) is 0 Å². The van der Waals surface area contributed by atoms with Gasteiger partial charge in [0.2, 0.25) is 10.0 Å². The van der Waals surface area contributed by atoms with Crippen LogP contribution in [0.1, 0.15) is 19.4 Å². The Morgan fingerprint density at radius 2 is 1.81 bits per heavy atom. The van der Waals surface area contributed by atoms with Crippen LogP contribution in [0.2, 0.25) is 0 Å². The third-order valence-corrected chi connectivity index (χ3v) is 6.15. The number of ether oxygens (including phenoxy) is 3. The maximum absolute atomic E-state index is 12.9. The van der Waals surface area contributed by atoms with E-state index in [9.17, 15) is 18.0 Å². The second-order valence-corrected chi connectivity index (χ2v) is 8.91. The first kappa shape index (κ1) is 25.2. The predicted octanol–water partition coefficient (Wildman–Crippen LogP) is 1.44. The average molecular weight is 460 g/mol. The molecule has 0 aromatic heterocycles. The Morgan fingerprint density at radius 3 is 2.41 bits per heavy atom. The van der Waals surface area contributed by atoms with Gasteiger partial charge in [-0.15, -0.1) is 6.42 Å². The van der Waals surface area contributed by atoms with Gasteiger partial charge < -0.3 is 14.2 Å². The van der Waals surface area contributed by atoms with Crippen molar-refractivity contribution < 1.29 is 32.2 Å². The van der Waals surface area contributed by atoms with E-state index in [-0.39, 0.29) is 24.6 Å². The first-order valence-corrected chi connectivity index (χ1v) is 11.2. The standard InChI is InChI=1S/C23H25NO7S/c1-5-14-24(32(27,28)21-11-8-17(2)9-12-21)15-6-7-20-10-13-22(30-19(4)26)23(31-20)16-29-18(3)25/h1,8-13,20,22-23H,14-16H2,2-4H3/t20-,22+,23-/m1/s1. The van der Waals surface area contributed by atoms with Crippen LogP contribution in [0.25, 0.3) is 0 Å². The van der Waals surface area contributed by atoms with Gasteiger partial charge in [-0.3, -0.25) is 9.59 Å². The van der Waals surface area contributed by atoms with Crippen LogP contribution in [0.4, 0.5) is 0 Å². The summed E-state index contributed by atoms with van der Waals surface area (Å²) in [5.74, 6) is 6.93. The predicted molar refractivity (Wildman–Crippen MR) is 117 cm³/mol. The summed E-state index contributed by atoms with van der Waals surface area (Å²) >= 11 is 0. The number of aryl methyl sites for hydroxylation is 1. The molecular formula is C23H25NO7S. The molecule has 9 heteroatoms. The summed E-state index contributed by atoms with van der Waals surface area (Å²) in [5.41, 5.74) is 0.934. The van der Waals surface area contributed by atoms with E-state index in [1.54, 1.807) is 24.3 Å². The summed E-state index contributed by atoms with van der Waals surface area (Å²) in [6, 6.07) is 6.44. The van der Waals surface area contributed by atoms with Gasteiger partial charge in [-0.25, -0.2) is 8.42 Å². The molecule has 8 nitrogen and oxygen atoms in total. The molecule has 1 aromatic rings. The highest BCUT2D eigenvalue weighted by atomic mass is 32.2. The highest BCUT2D eigenvalue weighted by molar-refractivity contribution is 7.89. The largest absolute Gasteiger partial charge is 0.463 e. The van der Waals surface area contributed by atoms with E-state index in [1.807, 2.05) is 6.92 Å². The fourth-order valence-corrected chi connectivity index (χ4v) is 4.05. The monoisotopic (exact) mass is 459 g/mol. The number of carbonyl (C=O) groups is 2. The summed E-state index contributed by atoms with van der Waals surface area (Å²) in [5, 5.41) is 0. The summed E-state index contributed by atoms with van der Waals surface area (Å²) < 4.78 is 42.7. The summed E-state index contributed by atoms with van der Waals surface area (Å²) in [4.78, 5) is 22.5. The van der Waals surface area contributed by atoms with E-state index in [0.717, 1.165) is 9.87 Å². The third kappa shape index (κ3) is 7.24. The number of esters is 2. The van der Waals surface area contributed by atoms with E-state index in [1.165, 1.54) is 26.0 Å². The molecule has 0 spiro atoms. The fourth-order valence-electron chi connectivity index (χ4n) is 2.79. The van der Waals surface area contributed by atoms with Crippen LogP contribution in [0.15, 0.2) is 41.3 Å². The molecule has 32 heavy (non-hydrogen) atoms. The minimum atomic E-state index is -3.82. The zero-order chi connectivity index (χ0) is 23.7. The van der Waals surface area contributed by atoms with Gasteiger partial charge in [-0.1, -0.05) is 35.5 Å². The molecular weight excluding hydrogens is 434 g/mol. The zero-order valence-corrected chi connectivity index (χ0v) is 18.9. The van der Waals surface area contributed by atoms with Crippen LogP contribution < -0.4 is 0 Å². The van der Waals surface area contributed by atoms with E-state index >= 15 is 0 Å². The lowest BCUT2D eigenvalue weighted by molar-refractivity contribution is -0.161. The molecule has 1 aromatic carbocycles. The van der Waals surface area contributed by atoms with Crippen molar-refractivity contribution in [3.63, 3.8) is 0 Å². The minimum absolute atomic E-state index is 0.124. The van der Waals surface area contributed by atoms with Crippen molar-refractivity contribution in [2.75, 3.05) is 19.7 Å². The Bertz CT molecular complexity index is 1060. The van der Waals surface area contributed by atoms with Gasteiger partial charge in [0.1, 0.15) is 24.9 Å². The molecule has 0 saturated heterocycles.